The number of aromatic nitrogens is 2. The Morgan fingerprint density at radius 1 is 1.10 bits per heavy atom. The van der Waals surface area contributed by atoms with Crippen molar-refractivity contribution in [3.05, 3.63) is 95.8 Å². The second-order valence-electron chi connectivity index (χ2n) is 7.49. The van der Waals surface area contributed by atoms with E-state index in [1.165, 1.54) is 5.56 Å². The van der Waals surface area contributed by atoms with E-state index in [1.54, 1.807) is 18.6 Å². The zero-order valence-corrected chi connectivity index (χ0v) is 17.6. The van der Waals surface area contributed by atoms with Crippen LogP contribution in [0.3, 0.4) is 0 Å². The first kappa shape index (κ1) is 20.4. The quantitative estimate of drug-likeness (QED) is 0.335. The van der Waals surface area contributed by atoms with Gasteiger partial charge in [-0.3, -0.25) is 9.78 Å². The number of carbonyl (C=O) groups excluding carboxylic acids is 1. The lowest BCUT2D eigenvalue weighted by molar-refractivity contribution is 0.0956. The largest absolute Gasteiger partial charge is 0.272 e. The van der Waals surface area contributed by atoms with E-state index < -0.39 is 0 Å². The summed E-state index contributed by atoms with van der Waals surface area (Å²) in [5.41, 5.74) is 7.78. The summed E-state index contributed by atoms with van der Waals surface area (Å²) >= 11 is 0. The lowest BCUT2D eigenvalue weighted by atomic mass is 9.96. The van der Waals surface area contributed by atoms with Crippen LogP contribution >= 0.6 is 0 Å². The highest BCUT2D eigenvalue weighted by Crippen LogP contribution is 2.27. The molecule has 5 nitrogen and oxygen atoms in total. The minimum atomic E-state index is -0.281. The smallest absolute Gasteiger partial charge is 0.267 e. The molecule has 4 aromatic rings. The molecule has 0 bridgehead atoms. The van der Waals surface area contributed by atoms with Crippen molar-refractivity contribution in [2.24, 2.45) is 5.10 Å². The van der Waals surface area contributed by atoms with Crippen LogP contribution in [0, 0.1) is 0 Å². The number of hydrogen-bond acceptors (Lipinski definition) is 4. The van der Waals surface area contributed by atoms with Crippen molar-refractivity contribution in [3.8, 4) is 11.3 Å². The number of amides is 1. The van der Waals surface area contributed by atoms with Crippen LogP contribution in [0.4, 0.5) is 0 Å². The molecule has 1 amide bonds. The monoisotopic (exact) mass is 408 g/mol. The maximum atomic E-state index is 12.9. The highest BCUT2D eigenvalue weighted by molar-refractivity contribution is 6.07. The lowest BCUT2D eigenvalue weighted by Crippen LogP contribution is -2.18. The molecule has 0 aliphatic rings. The van der Waals surface area contributed by atoms with E-state index in [1.807, 2.05) is 42.5 Å². The van der Waals surface area contributed by atoms with Crippen LogP contribution in [-0.2, 0) is 0 Å². The van der Waals surface area contributed by atoms with E-state index in [2.05, 4.69) is 53.6 Å². The van der Waals surface area contributed by atoms with Crippen LogP contribution in [-0.4, -0.2) is 22.1 Å². The third kappa shape index (κ3) is 4.67. The second-order valence-corrected chi connectivity index (χ2v) is 7.49. The summed E-state index contributed by atoms with van der Waals surface area (Å²) in [6.07, 6.45) is 6.04. The van der Waals surface area contributed by atoms with E-state index in [0.29, 0.717) is 11.5 Å². The topological polar surface area (TPSA) is 67.2 Å². The second kappa shape index (κ2) is 9.30. The number of carbonyl (C=O) groups is 1. The van der Waals surface area contributed by atoms with Crippen LogP contribution in [0.15, 0.2) is 84.2 Å². The fourth-order valence-corrected chi connectivity index (χ4v) is 3.41. The molecule has 0 fully saturated rings. The molecule has 1 atom stereocenters. The van der Waals surface area contributed by atoms with Gasteiger partial charge < -0.3 is 0 Å². The van der Waals surface area contributed by atoms with E-state index in [9.17, 15) is 4.79 Å². The van der Waals surface area contributed by atoms with Crippen LogP contribution in [0.5, 0.6) is 0 Å². The molecule has 0 aliphatic carbocycles. The molecule has 31 heavy (non-hydrogen) atoms. The summed E-state index contributed by atoms with van der Waals surface area (Å²) < 4.78 is 0. The molecule has 2 heterocycles. The molecule has 154 valence electrons. The Labute approximate surface area is 181 Å². The van der Waals surface area contributed by atoms with Crippen molar-refractivity contribution in [1.82, 2.24) is 15.4 Å². The van der Waals surface area contributed by atoms with Crippen LogP contribution < -0.4 is 5.43 Å². The van der Waals surface area contributed by atoms with Crippen molar-refractivity contribution in [2.75, 3.05) is 0 Å². The molecular formula is C26H24N4O. The fraction of sp³-hybridized carbons (Fsp3) is 0.154. The van der Waals surface area contributed by atoms with Crippen LogP contribution in [0.25, 0.3) is 22.2 Å². The number of para-hydroxylation sites is 1. The van der Waals surface area contributed by atoms with E-state index in [-0.39, 0.29) is 5.91 Å². The SMILES string of the molecule is CCC(C)c1ccc(-c2cc(C(=O)NN=Cc3cccnc3)c3ccccc3n2)cc1. The Bertz CT molecular complexity index is 1220. The zero-order valence-electron chi connectivity index (χ0n) is 17.6. The van der Waals surface area contributed by atoms with Crippen molar-refractivity contribution in [1.29, 1.82) is 0 Å². The molecular weight excluding hydrogens is 384 g/mol. The number of rotatable bonds is 6. The Balaban J connectivity index is 1.66. The number of hydrogen-bond donors (Lipinski definition) is 1. The summed E-state index contributed by atoms with van der Waals surface area (Å²) in [4.78, 5) is 21.8. The summed E-state index contributed by atoms with van der Waals surface area (Å²) in [6, 6.07) is 21.6. The minimum Gasteiger partial charge on any atom is -0.267 e. The number of nitrogens with zero attached hydrogens (tertiary/aromatic N) is 3. The molecule has 1 N–H and O–H groups in total. The molecule has 1 unspecified atom stereocenters. The maximum Gasteiger partial charge on any atom is 0.272 e. The van der Waals surface area contributed by atoms with Crippen molar-refractivity contribution in [3.63, 3.8) is 0 Å². The number of hydrazone groups is 1. The first-order valence-corrected chi connectivity index (χ1v) is 10.4. The van der Waals surface area contributed by atoms with E-state index in [0.717, 1.165) is 34.1 Å². The van der Waals surface area contributed by atoms with E-state index >= 15 is 0 Å². The molecule has 0 saturated heterocycles. The van der Waals surface area contributed by atoms with Gasteiger partial charge in [0, 0.05) is 28.9 Å². The minimum absolute atomic E-state index is 0.281. The Kier molecular flexibility index (Phi) is 6.13. The average Bonchev–Trinajstić information content (AvgIpc) is 2.83. The number of pyridine rings is 2. The van der Waals surface area contributed by atoms with E-state index in [4.69, 9.17) is 4.98 Å². The Morgan fingerprint density at radius 3 is 2.65 bits per heavy atom. The van der Waals surface area contributed by atoms with Gasteiger partial charge in [0.25, 0.3) is 5.91 Å². The van der Waals surface area contributed by atoms with Crippen molar-refractivity contribution >= 4 is 23.0 Å². The third-order valence-electron chi connectivity index (χ3n) is 5.41. The maximum absolute atomic E-state index is 12.9. The molecule has 2 aromatic carbocycles. The Hall–Kier alpha value is -3.86. The average molecular weight is 409 g/mol. The molecule has 0 spiro atoms. The summed E-state index contributed by atoms with van der Waals surface area (Å²) in [5, 5.41) is 4.87. The molecule has 2 aromatic heterocycles. The predicted molar refractivity (Wildman–Crippen MR) is 125 cm³/mol. The standard InChI is InChI=1S/C26H24N4O/c1-3-18(2)20-10-12-21(13-11-20)25-15-23(22-8-4-5-9-24(22)29-25)26(31)30-28-17-19-7-6-14-27-16-19/h4-18H,3H2,1-2H3,(H,30,31). The van der Waals surface area contributed by atoms with Gasteiger partial charge in [-0.15, -0.1) is 0 Å². The van der Waals surface area contributed by atoms with Gasteiger partial charge in [-0.25, -0.2) is 10.4 Å². The number of nitrogens with one attached hydrogen (secondary N) is 1. The van der Waals surface area contributed by atoms with Crippen LogP contribution in [0.2, 0.25) is 0 Å². The van der Waals surface area contributed by atoms with Gasteiger partial charge in [0.05, 0.1) is 23.0 Å². The van der Waals surface area contributed by atoms with Gasteiger partial charge in [0.1, 0.15) is 0 Å². The van der Waals surface area contributed by atoms with Gasteiger partial charge in [-0.2, -0.15) is 5.10 Å². The zero-order chi connectivity index (χ0) is 21.6. The van der Waals surface area contributed by atoms with Crippen LogP contribution in [0.1, 0.15) is 47.7 Å². The molecule has 0 radical (unpaired) electrons. The number of fused-ring (bicyclic) bond motifs is 1. The van der Waals surface area contributed by atoms with Gasteiger partial charge in [0.15, 0.2) is 0 Å². The predicted octanol–water partition coefficient (Wildman–Crippen LogP) is 5.57. The molecule has 5 heteroatoms. The summed E-state index contributed by atoms with van der Waals surface area (Å²) in [6.45, 7) is 4.41. The molecule has 4 rings (SSSR count). The first-order chi connectivity index (χ1) is 15.2. The molecule has 0 aliphatic heterocycles. The van der Waals surface area contributed by atoms with Gasteiger partial charge >= 0.3 is 0 Å². The first-order valence-electron chi connectivity index (χ1n) is 10.4. The van der Waals surface area contributed by atoms with Gasteiger partial charge in [-0.05, 0) is 36.1 Å². The lowest BCUT2D eigenvalue weighted by Gasteiger charge is -2.11. The van der Waals surface area contributed by atoms with Gasteiger partial charge in [0.2, 0.25) is 0 Å². The Morgan fingerprint density at radius 2 is 1.90 bits per heavy atom. The summed E-state index contributed by atoms with van der Waals surface area (Å²) in [5.74, 6) is 0.230. The fourth-order valence-electron chi connectivity index (χ4n) is 3.41. The summed E-state index contributed by atoms with van der Waals surface area (Å²) in [7, 11) is 0. The van der Waals surface area contributed by atoms with Gasteiger partial charge in [-0.1, -0.05) is 62.4 Å². The highest BCUT2D eigenvalue weighted by atomic mass is 16.2. The third-order valence-corrected chi connectivity index (χ3v) is 5.41. The highest BCUT2D eigenvalue weighted by Gasteiger charge is 2.14. The number of benzene rings is 2. The normalized spacial score (nSPS) is 12.2. The molecule has 0 saturated carbocycles. The van der Waals surface area contributed by atoms with Crippen molar-refractivity contribution < 1.29 is 4.79 Å². The van der Waals surface area contributed by atoms with Crippen molar-refractivity contribution in [2.45, 2.75) is 26.2 Å².